The summed E-state index contributed by atoms with van der Waals surface area (Å²) >= 11 is 0. The molecular weight excluding hydrogens is 307 g/mol. The predicted octanol–water partition coefficient (Wildman–Crippen LogP) is 3.85. The van der Waals surface area contributed by atoms with Crippen molar-refractivity contribution in [3.63, 3.8) is 0 Å². The summed E-state index contributed by atoms with van der Waals surface area (Å²) in [7, 11) is -4.41. The zero-order chi connectivity index (χ0) is 17.4. The molecule has 0 aliphatic heterocycles. The number of hydrogen-bond donors (Lipinski definition) is 3. The molecule has 0 bridgehead atoms. The lowest BCUT2D eigenvalue weighted by Gasteiger charge is -2.04. The topological polar surface area (TPSA) is 96.2 Å². The number of phenols is 1. The van der Waals surface area contributed by atoms with Gasteiger partial charge in [0.05, 0.1) is 6.61 Å². The second-order valence-electron chi connectivity index (χ2n) is 4.21. The minimum absolute atomic E-state index is 0.0972. The Morgan fingerprint density at radius 1 is 0.955 bits per heavy atom. The Morgan fingerprint density at radius 2 is 1.41 bits per heavy atom. The van der Waals surface area contributed by atoms with Gasteiger partial charge < -0.3 is 19.6 Å². The lowest BCUT2D eigenvalue weighted by atomic mass is 10.2. The molecule has 0 unspecified atom stereocenters. The number of ether oxygens (including phenoxy) is 1. The zero-order valence-electron chi connectivity index (χ0n) is 13.9. The number of unbranched alkanes of at least 4 members (excludes halogenated alkanes) is 1. The molecule has 0 aliphatic carbocycles. The molecule has 0 aromatic heterocycles. The van der Waals surface area contributed by atoms with Crippen LogP contribution in [-0.4, -0.2) is 28.1 Å². The van der Waals surface area contributed by atoms with E-state index in [-0.39, 0.29) is 12.4 Å². The van der Waals surface area contributed by atoms with E-state index in [2.05, 4.69) is 18.4 Å². The van der Waals surface area contributed by atoms with Crippen molar-refractivity contribution in [1.29, 1.82) is 0 Å². The Hall–Kier alpha value is -0.910. The monoisotopic (exact) mass is 336 g/mol. The summed E-state index contributed by atoms with van der Waals surface area (Å²) in [5.74, 6) is 0.0972. The van der Waals surface area contributed by atoms with Gasteiger partial charge in [-0.3, -0.25) is 4.52 Å². The van der Waals surface area contributed by atoms with Gasteiger partial charge in [0.15, 0.2) is 0 Å². The Bertz CT molecular complexity index is 384. The summed E-state index contributed by atoms with van der Waals surface area (Å²) in [6.45, 7) is 9.85. The van der Waals surface area contributed by atoms with Crippen LogP contribution >= 0.6 is 7.82 Å². The van der Waals surface area contributed by atoms with Crippen molar-refractivity contribution in [3.8, 4) is 5.75 Å². The number of phosphoric ester groups is 1. The molecule has 1 aromatic carbocycles. The van der Waals surface area contributed by atoms with Gasteiger partial charge >= 0.3 is 7.82 Å². The number of benzene rings is 1. The van der Waals surface area contributed by atoms with E-state index in [9.17, 15) is 4.57 Å². The average molecular weight is 336 g/mol. The van der Waals surface area contributed by atoms with Crippen LogP contribution in [0.4, 0.5) is 0 Å². The lowest BCUT2D eigenvalue weighted by molar-refractivity contribution is 0.162. The highest BCUT2D eigenvalue weighted by Gasteiger charge is 2.13. The van der Waals surface area contributed by atoms with Crippen LogP contribution in [0.25, 0.3) is 0 Å². The molecule has 1 rings (SSSR count). The van der Waals surface area contributed by atoms with Crippen LogP contribution in [0.1, 0.15) is 46.1 Å². The number of rotatable bonds is 6. The molecule has 1 aromatic rings. The Kier molecular flexibility index (Phi) is 15.9. The van der Waals surface area contributed by atoms with E-state index in [1.807, 2.05) is 13.8 Å². The highest BCUT2D eigenvalue weighted by molar-refractivity contribution is 7.46. The third-order valence-electron chi connectivity index (χ3n) is 2.24. The molecule has 0 spiro atoms. The van der Waals surface area contributed by atoms with Crippen LogP contribution < -0.4 is 0 Å². The average Bonchev–Trinajstić information content (AvgIpc) is 2.48. The van der Waals surface area contributed by atoms with E-state index < -0.39 is 7.82 Å². The first-order valence-electron chi connectivity index (χ1n) is 7.36. The molecule has 130 valence electrons. The van der Waals surface area contributed by atoms with Crippen LogP contribution in [0, 0.1) is 0 Å². The Morgan fingerprint density at radius 3 is 1.68 bits per heavy atom. The van der Waals surface area contributed by atoms with Crippen molar-refractivity contribution in [2.75, 3.05) is 13.2 Å². The predicted molar refractivity (Wildman–Crippen MR) is 87.7 cm³/mol. The molecular formula is C15H29O6P. The molecule has 0 saturated heterocycles. The summed E-state index contributed by atoms with van der Waals surface area (Å²) in [5.41, 5.74) is 0.584. The minimum Gasteiger partial charge on any atom is -0.508 e. The number of hydrogen-bond acceptors (Lipinski definition) is 4. The maximum Gasteiger partial charge on any atom is 0.469 e. The fourth-order valence-electron chi connectivity index (χ4n) is 0.955. The van der Waals surface area contributed by atoms with Crippen LogP contribution in [-0.2, 0) is 20.4 Å². The molecule has 7 heteroatoms. The molecule has 0 saturated carbocycles. The van der Waals surface area contributed by atoms with Gasteiger partial charge in [-0.05, 0) is 31.5 Å². The highest BCUT2D eigenvalue weighted by Crippen LogP contribution is 2.36. The number of phenolic OH excluding ortho intramolecular Hbond substituents is 1. The maximum atomic E-state index is 10.3. The first-order chi connectivity index (χ1) is 10.3. The number of phosphoric acid groups is 1. The molecule has 3 N–H and O–H groups in total. The van der Waals surface area contributed by atoms with Crippen molar-refractivity contribution in [2.24, 2.45) is 0 Å². The summed E-state index contributed by atoms with van der Waals surface area (Å²) in [6, 6.07) is 5.87. The van der Waals surface area contributed by atoms with Crippen molar-refractivity contribution in [1.82, 2.24) is 0 Å². The first kappa shape index (κ1) is 23.4. The Labute approximate surface area is 133 Å². The maximum absolute atomic E-state index is 10.3. The normalized spacial score (nSPS) is 10.1. The molecule has 0 radical (unpaired) electrons. The molecule has 0 heterocycles. The van der Waals surface area contributed by atoms with Crippen LogP contribution in [0.3, 0.4) is 0 Å². The van der Waals surface area contributed by atoms with Gasteiger partial charge in [-0.1, -0.05) is 38.8 Å². The van der Waals surface area contributed by atoms with E-state index in [1.165, 1.54) is 37.1 Å². The van der Waals surface area contributed by atoms with Gasteiger partial charge in [-0.25, -0.2) is 4.57 Å². The lowest BCUT2D eigenvalue weighted by Crippen LogP contribution is -1.89. The molecule has 0 amide bonds. The summed E-state index contributed by atoms with van der Waals surface area (Å²) < 4.78 is 19.4. The van der Waals surface area contributed by atoms with Crippen molar-refractivity contribution in [2.45, 2.75) is 47.1 Å². The standard InChI is InChI=1S/C7H9O5P.C4H10O.C4H10/c8-7-3-1-6(2-4-7)5-12-13(9,10)11;1-3-5-4-2;1-3-4-2/h1-4,8H,5H2,(H2,9,10,11);3-4H2,1-2H3;3-4H2,1-2H3. The quantitative estimate of drug-likeness (QED) is 0.683. The van der Waals surface area contributed by atoms with Crippen LogP contribution in [0.15, 0.2) is 24.3 Å². The molecule has 6 nitrogen and oxygen atoms in total. The van der Waals surface area contributed by atoms with Crippen molar-refractivity contribution >= 4 is 7.82 Å². The van der Waals surface area contributed by atoms with Gasteiger partial charge in [0.2, 0.25) is 0 Å². The molecule has 22 heavy (non-hydrogen) atoms. The summed E-state index contributed by atoms with van der Waals surface area (Å²) in [5, 5.41) is 8.89. The second-order valence-corrected chi connectivity index (χ2v) is 5.45. The van der Waals surface area contributed by atoms with Crippen LogP contribution in [0.2, 0.25) is 0 Å². The molecule has 0 fully saturated rings. The fraction of sp³-hybridized carbons (Fsp3) is 0.600. The largest absolute Gasteiger partial charge is 0.508 e. The van der Waals surface area contributed by atoms with Gasteiger partial charge in [0.25, 0.3) is 0 Å². The summed E-state index contributed by atoms with van der Waals surface area (Å²) in [4.78, 5) is 16.7. The summed E-state index contributed by atoms with van der Waals surface area (Å²) in [6.07, 6.45) is 2.64. The zero-order valence-corrected chi connectivity index (χ0v) is 14.8. The number of aromatic hydroxyl groups is 1. The van der Waals surface area contributed by atoms with Gasteiger partial charge in [0, 0.05) is 13.2 Å². The Balaban J connectivity index is 0. The first-order valence-corrected chi connectivity index (χ1v) is 8.89. The second kappa shape index (κ2) is 15.0. The smallest absolute Gasteiger partial charge is 0.469 e. The van der Waals surface area contributed by atoms with E-state index in [0.29, 0.717) is 5.56 Å². The molecule has 0 atom stereocenters. The van der Waals surface area contributed by atoms with E-state index in [4.69, 9.17) is 19.6 Å². The van der Waals surface area contributed by atoms with Crippen molar-refractivity contribution < 1.29 is 28.7 Å². The SMILES string of the molecule is CCCC.CCOCC.O=P(O)(O)OCc1ccc(O)cc1. The van der Waals surface area contributed by atoms with E-state index in [1.54, 1.807) is 0 Å². The van der Waals surface area contributed by atoms with Gasteiger partial charge in [-0.2, -0.15) is 0 Å². The van der Waals surface area contributed by atoms with E-state index >= 15 is 0 Å². The third-order valence-corrected chi connectivity index (χ3v) is 2.71. The minimum atomic E-state index is -4.41. The van der Waals surface area contributed by atoms with Crippen LogP contribution in [0.5, 0.6) is 5.75 Å². The molecule has 0 aliphatic rings. The fourth-order valence-corrected chi connectivity index (χ4v) is 1.27. The third kappa shape index (κ3) is 19.1. The van der Waals surface area contributed by atoms with Gasteiger partial charge in [-0.15, -0.1) is 0 Å². The van der Waals surface area contributed by atoms with Crippen molar-refractivity contribution in [3.05, 3.63) is 29.8 Å². The van der Waals surface area contributed by atoms with Gasteiger partial charge in [0.1, 0.15) is 5.75 Å². The highest BCUT2D eigenvalue weighted by atomic mass is 31.2. The van der Waals surface area contributed by atoms with E-state index in [0.717, 1.165) is 13.2 Å².